The Bertz CT molecular complexity index is 1570. The lowest BCUT2D eigenvalue weighted by Crippen LogP contribution is -2.32. The minimum Gasteiger partial charge on any atom is -0.457 e. The van der Waals surface area contributed by atoms with Crippen LogP contribution in [0.25, 0.3) is 21.7 Å². The van der Waals surface area contributed by atoms with Gasteiger partial charge in [0.1, 0.15) is 12.2 Å². The Kier molecular flexibility index (Phi) is 6.40. The summed E-state index contributed by atoms with van der Waals surface area (Å²) in [6.07, 6.45) is 3.68. The lowest BCUT2D eigenvalue weighted by atomic mass is 10.0. The minimum atomic E-state index is -3.70. The number of carbonyl (C=O) groups excluding carboxylic acids is 1. The maximum Gasteiger partial charge on any atom is 0.338 e. The summed E-state index contributed by atoms with van der Waals surface area (Å²) in [7, 11) is -3.70. The van der Waals surface area contributed by atoms with Crippen molar-refractivity contribution in [1.82, 2.24) is 4.31 Å². The molecule has 35 heavy (non-hydrogen) atoms. The monoisotopic (exact) mass is 491 g/mol. The molecule has 1 saturated heterocycles. The van der Waals surface area contributed by atoms with Crippen molar-refractivity contribution in [3.05, 3.63) is 88.3 Å². The second kappa shape index (κ2) is 9.64. The van der Waals surface area contributed by atoms with Crippen molar-refractivity contribution < 1.29 is 22.4 Å². The molecule has 0 radical (unpaired) electrons. The molecule has 0 bridgehead atoms. The fourth-order valence-electron chi connectivity index (χ4n) is 4.58. The first-order valence-electron chi connectivity index (χ1n) is 11.7. The number of fused-ring (bicyclic) bond motifs is 3. The average Bonchev–Trinajstić information content (AvgIpc) is 3.17. The van der Waals surface area contributed by atoms with Gasteiger partial charge in [-0.3, -0.25) is 0 Å². The van der Waals surface area contributed by atoms with Crippen LogP contribution in [0.5, 0.6) is 0 Å². The zero-order chi connectivity index (χ0) is 24.4. The summed E-state index contributed by atoms with van der Waals surface area (Å²) in [4.78, 5) is 25.1. The number of hydrogen-bond donors (Lipinski definition) is 0. The molecular weight excluding hydrogens is 466 g/mol. The number of rotatable bonds is 5. The number of ether oxygens (including phenoxy) is 1. The SMILES string of the molecule is O=C(OCc1cc(=O)oc2ccc3ccccc3c12)c1cccc(S(=O)(=O)N2CCCCCC2)c1. The summed E-state index contributed by atoms with van der Waals surface area (Å²) in [5.74, 6) is -0.667. The van der Waals surface area contributed by atoms with Crippen LogP contribution in [0.1, 0.15) is 41.6 Å². The summed E-state index contributed by atoms with van der Waals surface area (Å²) in [6, 6.07) is 18.5. The molecule has 0 unspecified atom stereocenters. The van der Waals surface area contributed by atoms with Gasteiger partial charge in [-0.2, -0.15) is 4.31 Å². The molecular formula is C27H25NO6S. The number of carbonyl (C=O) groups is 1. The molecule has 1 aliphatic heterocycles. The fraction of sp³-hybridized carbons (Fsp3) is 0.259. The van der Waals surface area contributed by atoms with Crippen LogP contribution in [-0.2, 0) is 21.4 Å². The molecule has 1 aliphatic rings. The van der Waals surface area contributed by atoms with Gasteiger partial charge in [-0.05, 0) is 47.9 Å². The second-order valence-corrected chi connectivity index (χ2v) is 10.6. The normalized spacial score (nSPS) is 15.2. The standard InChI is InChI=1S/C27H25NO6S/c29-25-17-21(26-23-11-4-3-8-19(23)12-13-24(26)34-25)18-33-27(30)20-9-7-10-22(16-20)35(31,32)28-14-5-1-2-6-15-28/h3-4,7-13,16-17H,1-2,5-6,14-15,18H2. The zero-order valence-corrected chi connectivity index (χ0v) is 19.9. The smallest absolute Gasteiger partial charge is 0.338 e. The molecule has 3 aromatic carbocycles. The van der Waals surface area contributed by atoms with E-state index < -0.39 is 21.6 Å². The van der Waals surface area contributed by atoms with Crippen LogP contribution >= 0.6 is 0 Å². The fourth-order valence-corrected chi connectivity index (χ4v) is 6.14. The third-order valence-electron chi connectivity index (χ3n) is 6.35. The third-order valence-corrected chi connectivity index (χ3v) is 8.24. The maximum absolute atomic E-state index is 13.1. The number of hydrogen-bond acceptors (Lipinski definition) is 6. The van der Waals surface area contributed by atoms with Gasteiger partial charge in [0.15, 0.2) is 0 Å². The van der Waals surface area contributed by atoms with Crippen molar-refractivity contribution in [3.63, 3.8) is 0 Å². The largest absolute Gasteiger partial charge is 0.457 e. The highest BCUT2D eigenvalue weighted by molar-refractivity contribution is 7.89. The quantitative estimate of drug-likeness (QED) is 0.225. The van der Waals surface area contributed by atoms with Gasteiger partial charge in [0.2, 0.25) is 10.0 Å². The Morgan fingerprint density at radius 1 is 0.914 bits per heavy atom. The van der Waals surface area contributed by atoms with Gasteiger partial charge in [-0.15, -0.1) is 0 Å². The van der Waals surface area contributed by atoms with E-state index in [1.807, 2.05) is 30.3 Å². The predicted molar refractivity (Wildman–Crippen MR) is 133 cm³/mol. The lowest BCUT2D eigenvalue weighted by molar-refractivity contribution is 0.0473. The van der Waals surface area contributed by atoms with Gasteiger partial charge in [-0.1, -0.05) is 49.2 Å². The van der Waals surface area contributed by atoms with Crippen LogP contribution in [0, 0.1) is 0 Å². The highest BCUT2D eigenvalue weighted by Crippen LogP contribution is 2.28. The van der Waals surface area contributed by atoms with E-state index in [1.54, 1.807) is 12.1 Å². The van der Waals surface area contributed by atoms with Crippen LogP contribution in [0.4, 0.5) is 0 Å². The Labute approximate surface area is 203 Å². The van der Waals surface area contributed by atoms with Crippen molar-refractivity contribution in [2.24, 2.45) is 0 Å². The van der Waals surface area contributed by atoms with E-state index in [0.717, 1.165) is 36.5 Å². The van der Waals surface area contributed by atoms with E-state index in [4.69, 9.17) is 9.15 Å². The van der Waals surface area contributed by atoms with Gasteiger partial charge in [0.05, 0.1) is 10.5 Å². The molecule has 5 rings (SSSR count). The van der Waals surface area contributed by atoms with Gasteiger partial charge in [0.25, 0.3) is 0 Å². The first-order valence-corrected chi connectivity index (χ1v) is 13.1. The number of esters is 1. The van der Waals surface area contributed by atoms with E-state index in [9.17, 15) is 18.0 Å². The second-order valence-electron chi connectivity index (χ2n) is 8.67. The summed E-state index contributed by atoms with van der Waals surface area (Å²) in [6.45, 7) is 0.807. The summed E-state index contributed by atoms with van der Waals surface area (Å²) in [5, 5.41) is 2.55. The van der Waals surface area contributed by atoms with Crippen molar-refractivity contribution in [2.45, 2.75) is 37.2 Å². The molecule has 0 saturated carbocycles. The highest BCUT2D eigenvalue weighted by Gasteiger charge is 2.26. The lowest BCUT2D eigenvalue weighted by Gasteiger charge is -2.20. The van der Waals surface area contributed by atoms with E-state index in [0.29, 0.717) is 29.6 Å². The average molecular weight is 492 g/mol. The van der Waals surface area contributed by atoms with Gasteiger partial charge >= 0.3 is 11.6 Å². The molecule has 0 amide bonds. The zero-order valence-electron chi connectivity index (χ0n) is 19.1. The van der Waals surface area contributed by atoms with Crippen LogP contribution < -0.4 is 5.63 Å². The molecule has 4 aromatic rings. The summed E-state index contributed by atoms with van der Waals surface area (Å²) in [5.41, 5.74) is 0.532. The molecule has 1 aromatic heterocycles. The van der Waals surface area contributed by atoms with Crippen molar-refractivity contribution in [2.75, 3.05) is 13.1 Å². The third kappa shape index (κ3) is 4.72. The predicted octanol–water partition coefficient (Wildman–Crippen LogP) is 4.87. The summed E-state index contributed by atoms with van der Waals surface area (Å²) >= 11 is 0. The van der Waals surface area contributed by atoms with Crippen molar-refractivity contribution in [1.29, 1.82) is 0 Å². The van der Waals surface area contributed by atoms with Gasteiger partial charge in [-0.25, -0.2) is 18.0 Å². The van der Waals surface area contributed by atoms with E-state index in [-0.39, 0.29) is 17.1 Å². The first-order chi connectivity index (χ1) is 16.9. The van der Waals surface area contributed by atoms with Crippen LogP contribution in [0.2, 0.25) is 0 Å². The first kappa shape index (κ1) is 23.3. The maximum atomic E-state index is 13.1. The van der Waals surface area contributed by atoms with Gasteiger partial charge < -0.3 is 9.15 Å². The number of benzene rings is 3. The molecule has 0 N–H and O–H groups in total. The number of nitrogens with zero attached hydrogens (tertiary/aromatic N) is 1. The molecule has 2 heterocycles. The summed E-state index contributed by atoms with van der Waals surface area (Å²) < 4.78 is 38.6. The molecule has 0 aliphatic carbocycles. The Balaban J connectivity index is 1.42. The molecule has 0 spiro atoms. The van der Waals surface area contributed by atoms with E-state index in [2.05, 4.69) is 0 Å². The number of sulfonamides is 1. The molecule has 1 fully saturated rings. The van der Waals surface area contributed by atoms with E-state index in [1.165, 1.54) is 28.6 Å². The molecule has 7 nitrogen and oxygen atoms in total. The van der Waals surface area contributed by atoms with Crippen molar-refractivity contribution in [3.8, 4) is 0 Å². The van der Waals surface area contributed by atoms with Crippen LogP contribution in [-0.4, -0.2) is 31.8 Å². The molecule has 0 atom stereocenters. The van der Waals surface area contributed by atoms with Crippen molar-refractivity contribution >= 4 is 37.7 Å². The van der Waals surface area contributed by atoms with Crippen LogP contribution in [0.15, 0.2) is 80.8 Å². The Morgan fingerprint density at radius 2 is 1.69 bits per heavy atom. The van der Waals surface area contributed by atoms with Crippen LogP contribution in [0.3, 0.4) is 0 Å². The highest BCUT2D eigenvalue weighted by atomic mass is 32.2. The van der Waals surface area contributed by atoms with E-state index >= 15 is 0 Å². The van der Waals surface area contributed by atoms with Gasteiger partial charge in [0, 0.05) is 30.1 Å². The topological polar surface area (TPSA) is 93.9 Å². The minimum absolute atomic E-state index is 0.0747. The Morgan fingerprint density at radius 3 is 2.49 bits per heavy atom. The molecule has 8 heteroatoms. The molecule has 180 valence electrons. The Hall–Kier alpha value is -3.49.